The van der Waals surface area contributed by atoms with Gasteiger partial charge in [0.2, 0.25) is 0 Å². The molecule has 2 aromatic carbocycles. The minimum atomic E-state index is 0.956. The minimum Gasteiger partial charge on any atom is -0.383 e. The molecule has 0 aliphatic heterocycles. The van der Waals surface area contributed by atoms with Crippen molar-refractivity contribution in [1.82, 2.24) is 3.11 Å². The Morgan fingerprint density at radius 3 is 1.38 bits per heavy atom. The molecule has 3 nitrogen and oxygen atoms in total. The van der Waals surface area contributed by atoms with Crippen molar-refractivity contribution in [2.75, 3.05) is 36.8 Å². The molecule has 0 bridgehead atoms. The molecule has 0 saturated carbocycles. The van der Waals surface area contributed by atoms with Crippen LogP contribution in [0.15, 0.2) is 36.4 Å². The Hall–Kier alpha value is -1.27. The van der Waals surface area contributed by atoms with Crippen LogP contribution in [0.2, 0.25) is 0 Å². The molecular formula is C20H28IN3. The third-order valence-corrected chi connectivity index (χ3v) is 5.24. The molecule has 130 valence electrons. The Labute approximate surface area is 160 Å². The number of benzene rings is 2. The molecule has 2 aromatic rings. The first-order valence-corrected chi connectivity index (χ1v) is 9.46. The van der Waals surface area contributed by atoms with Crippen molar-refractivity contribution in [2.24, 2.45) is 0 Å². The maximum absolute atomic E-state index is 3.57. The van der Waals surface area contributed by atoms with E-state index in [1.165, 1.54) is 33.6 Å². The first-order valence-electron chi connectivity index (χ1n) is 8.50. The predicted molar refractivity (Wildman–Crippen MR) is 114 cm³/mol. The average molecular weight is 437 g/mol. The van der Waals surface area contributed by atoms with Crippen LogP contribution in [0, 0.1) is 27.7 Å². The number of halogens is 1. The van der Waals surface area contributed by atoms with Crippen LogP contribution in [-0.4, -0.2) is 29.3 Å². The third-order valence-electron chi connectivity index (χ3n) is 4.27. The van der Waals surface area contributed by atoms with Gasteiger partial charge in [0.1, 0.15) is 0 Å². The van der Waals surface area contributed by atoms with Gasteiger partial charge in [0.05, 0.1) is 0 Å². The summed E-state index contributed by atoms with van der Waals surface area (Å²) in [6.45, 7) is 12.6. The second-order valence-corrected chi connectivity index (χ2v) is 7.66. The molecule has 0 fully saturated rings. The normalized spacial score (nSPS) is 10.9. The summed E-state index contributed by atoms with van der Waals surface area (Å²) < 4.78 is 2.33. The number of nitrogens with one attached hydrogen (secondary N) is 2. The van der Waals surface area contributed by atoms with Crippen molar-refractivity contribution in [3.8, 4) is 0 Å². The second kappa shape index (κ2) is 9.28. The molecule has 0 atom stereocenters. The third kappa shape index (κ3) is 5.38. The lowest BCUT2D eigenvalue weighted by Gasteiger charge is -2.19. The van der Waals surface area contributed by atoms with Gasteiger partial charge in [-0.1, -0.05) is 36.4 Å². The molecule has 0 radical (unpaired) electrons. The fraction of sp³-hybridized carbons (Fsp3) is 0.400. The van der Waals surface area contributed by atoms with E-state index in [0.717, 1.165) is 26.2 Å². The fourth-order valence-electron chi connectivity index (χ4n) is 2.90. The molecule has 0 spiro atoms. The molecule has 0 heterocycles. The van der Waals surface area contributed by atoms with E-state index in [9.17, 15) is 0 Å². The van der Waals surface area contributed by atoms with Crippen molar-refractivity contribution in [1.29, 1.82) is 0 Å². The van der Waals surface area contributed by atoms with Gasteiger partial charge in [0.15, 0.2) is 0 Å². The second-order valence-electron chi connectivity index (χ2n) is 6.30. The zero-order valence-electron chi connectivity index (χ0n) is 15.1. The number of hydrogen-bond acceptors (Lipinski definition) is 3. The first-order chi connectivity index (χ1) is 11.5. The van der Waals surface area contributed by atoms with Crippen molar-refractivity contribution in [3.05, 3.63) is 58.7 Å². The number of hydrogen-bond donors (Lipinski definition) is 2. The molecule has 0 aliphatic carbocycles. The zero-order valence-corrected chi connectivity index (χ0v) is 17.3. The Morgan fingerprint density at radius 2 is 1.04 bits per heavy atom. The molecule has 0 aromatic heterocycles. The van der Waals surface area contributed by atoms with Crippen LogP contribution < -0.4 is 10.6 Å². The van der Waals surface area contributed by atoms with Crippen molar-refractivity contribution in [3.63, 3.8) is 0 Å². The fourth-order valence-corrected chi connectivity index (χ4v) is 3.39. The van der Waals surface area contributed by atoms with Crippen LogP contribution in [0.3, 0.4) is 0 Å². The summed E-state index contributed by atoms with van der Waals surface area (Å²) in [6.07, 6.45) is 0. The highest BCUT2D eigenvalue weighted by Gasteiger charge is 2.05. The van der Waals surface area contributed by atoms with Gasteiger partial charge in [-0.3, -0.25) is 0 Å². The largest absolute Gasteiger partial charge is 0.383 e. The quantitative estimate of drug-likeness (QED) is 0.445. The van der Waals surface area contributed by atoms with E-state index in [0.29, 0.717) is 0 Å². The summed E-state index contributed by atoms with van der Waals surface area (Å²) in [4.78, 5) is 0. The molecule has 24 heavy (non-hydrogen) atoms. The van der Waals surface area contributed by atoms with E-state index in [4.69, 9.17) is 0 Å². The summed E-state index contributed by atoms with van der Waals surface area (Å²) in [5, 5.41) is 7.14. The van der Waals surface area contributed by atoms with E-state index in [1.54, 1.807) is 0 Å². The molecule has 2 N–H and O–H groups in total. The lowest BCUT2D eigenvalue weighted by molar-refractivity contribution is 0.543. The van der Waals surface area contributed by atoms with Crippen LogP contribution in [0.5, 0.6) is 0 Å². The molecular weight excluding hydrogens is 409 g/mol. The Bertz CT molecular complexity index is 572. The zero-order chi connectivity index (χ0) is 17.5. The van der Waals surface area contributed by atoms with Gasteiger partial charge in [0, 0.05) is 60.4 Å². The highest BCUT2D eigenvalue weighted by atomic mass is 127. The van der Waals surface area contributed by atoms with Gasteiger partial charge < -0.3 is 10.6 Å². The van der Waals surface area contributed by atoms with Crippen LogP contribution in [0.25, 0.3) is 0 Å². The SMILES string of the molecule is Cc1cccc(C)c1NCCN(I)CCNc1c(C)cccc1C. The van der Waals surface area contributed by atoms with Crippen LogP contribution in [-0.2, 0) is 0 Å². The van der Waals surface area contributed by atoms with E-state index in [-0.39, 0.29) is 0 Å². The number of nitrogens with zero attached hydrogens (tertiary/aromatic N) is 1. The Kier molecular flexibility index (Phi) is 7.37. The first kappa shape index (κ1) is 19.1. The molecule has 4 heteroatoms. The van der Waals surface area contributed by atoms with Crippen molar-refractivity contribution in [2.45, 2.75) is 27.7 Å². The van der Waals surface area contributed by atoms with Crippen molar-refractivity contribution < 1.29 is 0 Å². The van der Waals surface area contributed by atoms with E-state index >= 15 is 0 Å². The average Bonchev–Trinajstić information content (AvgIpc) is 2.53. The van der Waals surface area contributed by atoms with Gasteiger partial charge in [-0.15, -0.1) is 0 Å². The summed E-state index contributed by atoms with van der Waals surface area (Å²) in [5.74, 6) is 0. The summed E-state index contributed by atoms with van der Waals surface area (Å²) in [6, 6.07) is 12.9. The Balaban J connectivity index is 1.73. The van der Waals surface area contributed by atoms with E-state index < -0.39 is 0 Å². The van der Waals surface area contributed by atoms with E-state index in [2.05, 4.69) is 101 Å². The summed E-state index contributed by atoms with van der Waals surface area (Å²) in [7, 11) is 0. The maximum Gasteiger partial charge on any atom is 0.0400 e. The number of rotatable bonds is 8. The molecule has 2 rings (SSSR count). The molecule has 0 aliphatic rings. The lowest BCUT2D eigenvalue weighted by atomic mass is 10.1. The molecule has 0 unspecified atom stereocenters. The van der Waals surface area contributed by atoms with E-state index in [1.807, 2.05) is 0 Å². The summed E-state index contributed by atoms with van der Waals surface area (Å²) >= 11 is 2.42. The topological polar surface area (TPSA) is 27.3 Å². The van der Waals surface area contributed by atoms with Gasteiger partial charge in [-0.05, 0) is 49.9 Å². The van der Waals surface area contributed by atoms with Gasteiger partial charge >= 0.3 is 0 Å². The number of aryl methyl sites for hydroxylation is 4. The Morgan fingerprint density at radius 1 is 0.708 bits per heavy atom. The highest BCUT2D eigenvalue weighted by Crippen LogP contribution is 2.20. The molecule has 0 saturated heterocycles. The van der Waals surface area contributed by atoms with Gasteiger partial charge in [-0.2, -0.15) is 0 Å². The summed E-state index contributed by atoms with van der Waals surface area (Å²) in [5.41, 5.74) is 7.80. The van der Waals surface area contributed by atoms with Crippen LogP contribution in [0.1, 0.15) is 22.3 Å². The van der Waals surface area contributed by atoms with Gasteiger partial charge in [0.25, 0.3) is 0 Å². The standard InChI is InChI=1S/C20H28IN3/c1-15-7-5-8-16(2)19(15)22-11-13-24(21)14-12-23-20-17(3)9-6-10-18(20)4/h5-10,22-23H,11-14H2,1-4H3. The van der Waals surface area contributed by atoms with Crippen LogP contribution >= 0.6 is 22.9 Å². The minimum absolute atomic E-state index is 0.956. The predicted octanol–water partition coefficient (Wildman–Crippen LogP) is 5.10. The number of anilines is 2. The van der Waals surface area contributed by atoms with Crippen molar-refractivity contribution >= 4 is 34.2 Å². The monoisotopic (exact) mass is 437 g/mol. The smallest absolute Gasteiger partial charge is 0.0400 e. The van der Waals surface area contributed by atoms with Crippen LogP contribution in [0.4, 0.5) is 11.4 Å². The number of para-hydroxylation sites is 2. The highest BCUT2D eigenvalue weighted by molar-refractivity contribution is 14.1. The van der Waals surface area contributed by atoms with Gasteiger partial charge in [-0.25, -0.2) is 3.11 Å². The molecule has 0 amide bonds. The lowest BCUT2D eigenvalue weighted by Crippen LogP contribution is -2.25. The maximum atomic E-state index is 3.57.